The fourth-order valence-corrected chi connectivity index (χ4v) is 5.52. The summed E-state index contributed by atoms with van der Waals surface area (Å²) >= 11 is 6.17. The lowest BCUT2D eigenvalue weighted by atomic mass is 10.2. The molecule has 0 unspecified atom stereocenters. The predicted octanol–water partition coefficient (Wildman–Crippen LogP) is 4.29. The summed E-state index contributed by atoms with van der Waals surface area (Å²) in [5.41, 5.74) is 1.83. The van der Waals surface area contributed by atoms with E-state index < -0.39 is 10.0 Å². The molecule has 5 rings (SSSR count). The van der Waals surface area contributed by atoms with Crippen molar-refractivity contribution in [1.82, 2.24) is 19.4 Å². The van der Waals surface area contributed by atoms with Gasteiger partial charge in [-0.1, -0.05) is 17.7 Å². The fourth-order valence-electron chi connectivity index (χ4n) is 4.40. The van der Waals surface area contributed by atoms with Crippen LogP contribution in [0.15, 0.2) is 78.1 Å². The van der Waals surface area contributed by atoms with E-state index in [1.54, 1.807) is 30.3 Å². The van der Waals surface area contributed by atoms with Crippen LogP contribution in [0.3, 0.4) is 0 Å². The van der Waals surface area contributed by atoms with E-state index in [1.165, 1.54) is 12.4 Å². The molecule has 0 aliphatic carbocycles. The number of carbonyl (C=O) groups is 1. The lowest BCUT2D eigenvalue weighted by molar-refractivity contribution is -0.134. The maximum absolute atomic E-state index is 13.2. The molecular weight excluding hydrogens is 500 g/mol. The van der Waals surface area contributed by atoms with Gasteiger partial charge in [0.05, 0.1) is 10.4 Å². The third-order valence-electron chi connectivity index (χ3n) is 6.35. The van der Waals surface area contributed by atoms with Gasteiger partial charge in [-0.25, -0.2) is 23.1 Å². The first-order valence-electron chi connectivity index (χ1n) is 11.5. The Balaban J connectivity index is 0.00000200. The minimum atomic E-state index is -3.79. The largest absolute Gasteiger partial charge is 0.368 e. The van der Waals surface area contributed by atoms with Crippen LogP contribution in [0.25, 0.3) is 10.9 Å². The molecule has 11 heteroatoms. The monoisotopic (exact) mass is 528 g/mol. The van der Waals surface area contributed by atoms with Gasteiger partial charge in [-0.15, -0.1) is 0 Å². The van der Waals surface area contributed by atoms with Gasteiger partial charge in [0.2, 0.25) is 11.9 Å². The average Bonchev–Trinajstić information content (AvgIpc) is 3.31. The molecule has 1 aliphatic rings. The smallest absolute Gasteiger partial charge is 0.264 e. The Kier molecular flexibility index (Phi) is 6.55. The van der Waals surface area contributed by atoms with E-state index in [0.29, 0.717) is 31.2 Å². The van der Waals surface area contributed by atoms with E-state index >= 15 is 0 Å². The third kappa shape index (κ3) is 4.87. The number of nitrogens with one attached hydrogen (secondary N) is 1. The normalized spacial score (nSPS) is 15.2. The van der Waals surface area contributed by atoms with Gasteiger partial charge in [0.15, 0.2) is 0 Å². The van der Waals surface area contributed by atoms with Crippen molar-refractivity contribution >= 4 is 50.1 Å². The molecule has 0 spiro atoms. The van der Waals surface area contributed by atoms with Crippen molar-refractivity contribution in [3.05, 3.63) is 78.2 Å². The molecule has 1 amide bonds. The van der Waals surface area contributed by atoms with E-state index in [1.807, 2.05) is 46.9 Å². The first kappa shape index (κ1) is 24.1. The summed E-state index contributed by atoms with van der Waals surface area (Å²) in [7, 11) is -3.79. The summed E-state index contributed by atoms with van der Waals surface area (Å²) in [5.74, 6) is 0.0790. The number of amides is 1. The van der Waals surface area contributed by atoms with Crippen molar-refractivity contribution in [3.8, 4) is 0 Å². The van der Waals surface area contributed by atoms with Crippen molar-refractivity contribution in [2.45, 2.75) is 17.9 Å². The SMILES string of the molecule is C[C@H](C(=O)N1CCN(c2ccc(S(=O)(=O)Nc3ncccn3)cc2)CC1)n1ccc2ccc(Cl)cc21.[HH].[HH]. The number of sulfonamides is 1. The molecule has 2 aromatic heterocycles. The Morgan fingerprint density at radius 3 is 2.42 bits per heavy atom. The van der Waals surface area contributed by atoms with Crippen LogP contribution >= 0.6 is 11.6 Å². The van der Waals surface area contributed by atoms with Crippen molar-refractivity contribution in [1.29, 1.82) is 0 Å². The molecule has 0 saturated carbocycles. The van der Waals surface area contributed by atoms with Crippen LogP contribution in [0.1, 0.15) is 15.8 Å². The van der Waals surface area contributed by atoms with Gasteiger partial charge in [0.25, 0.3) is 10.0 Å². The Bertz CT molecular complexity index is 1490. The summed E-state index contributed by atoms with van der Waals surface area (Å²) in [5, 5.41) is 1.68. The van der Waals surface area contributed by atoms with Gasteiger partial charge >= 0.3 is 0 Å². The molecule has 0 bridgehead atoms. The zero-order valence-corrected chi connectivity index (χ0v) is 21.2. The number of hydrogen-bond acceptors (Lipinski definition) is 6. The first-order valence-corrected chi connectivity index (χ1v) is 13.4. The molecule has 4 aromatic rings. The Morgan fingerprint density at radius 2 is 1.72 bits per heavy atom. The van der Waals surface area contributed by atoms with Crippen molar-refractivity contribution in [2.24, 2.45) is 0 Å². The standard InChI is InChI=1S/C25H25ClN6O3S.2H2/c1-18(32-12-9-19-3-4-20(26)17-23(19)32)24(33)31-15-13-30(14-16-31)21-5-7-22(8-6-21)36(34,35)29-25-27-10-2-11-28-25;;/h2-12,17-18H,13-16H2,1H3,(H,27,28,29);2*1H/t18-;;/m1../s1. The molecule has 36 heavy (non-hydrogen) atoms. The number of hydrogen-bond donors (Lipinski definition) is 1. The van der Waals surface area contributed by atoms with Gasteiger partial charge < -0.3 is 14.4 Å². The van der Waals surface area contributed by atoms with Crippen LogP contribution in [-0.2, 0) is 14.8 Å². The molecule has 0 radical (unpaired) electrons. The maximum atomic E-state index is 13.2. The Hall–Kier alpha value is -3.63. The Morgan fingerprint density at radius 1 is 1.03 bits per heavy atom. The summed E-state index contributed by atoms with van der Waals surface area (Å²) in [6.45, 7) is 4.37. The van der Waals surface area contributed by atoms with Crippen molar-refractivity contribution in [2.75, 3.05) is 35.8 Å². The number of rotatable bonds is 6. The minimum Gasteiger partial charge on any atom is -0.368 e. The maximum Gasteiger partial charge on any atom is 0.264 e. The van der Waals surface area contributed by atoms with Gasteiger partial charge in [-0.3, -0.25) is 4.79 Å². The number of nitrogens with zero attached hydrogens (tertiary/aromatic N) is 5. The van der Waals surface area contributed by atoms with Crippen LogP contribution in [-0.4, -0.2) is 59.9 Å². The van der Waals surface area contributed by atoms with Crippen LogP contribution in [0.2, 0.25) is 5.02 Å². The third-order valence-corrected chi connectivity index (χ3v) is 7.93. The number of piperazine rings is 1. The molecule has 2 aromatic carbocycles. The highest BCUT2D eigenvalue weighted by atomic mass is 35.5. The second-order valence-electron chi connectivity index (χ2n) is 8.59. The summed E-state index contributed by atoms with van der Waals surface area (Å²) in [6.07, 6.45) is 4.86. The number of halogens is 1. The number of carbonyl (C=O) groups excluding carboxylic acids is 1. The lowest BCUT2D eigenvalue weighted by Gasteiger charge is -2.37. The molecule has 1 atom stereocenters. The van der Waals surface area contributed by atoms with Crippen molar-refractivity contribution in [3.63, 3.8) is 0 Å². The fraction of sp³-hybridized carbons (Fsp3) is 0.240. The van der Waals surface area contributed by atoms with Gasteiger partial charge in [0.1, 0.15) is 6.04 Å². The molecule has 1 N–H and O–H groups in total. The van der Waals surface area contributed by atoms with E-state index in [4.69, 9.17) is 11.6 Å². The number of aromatic nitrogens is 3. The van der Waals surface area contributed by atoms with Crippen LogP contribution in [0.4, 0.5) is 11.6 Å². The minimum absolute atomic E-state index is 0. The number of fused-ring (bicyclic) bond motifs is 1. The number of benzene rings is 2. The molecule has 3 heterocycles. The first-order chi connectivity index (χ1) is 17.3. The van der Waals surface area contributed by atoms with E-state index in [2.05, 4.69) is 19.6 Å². The zero-order valence-electron chi connectivity index (χ0n) is 19.6. The highest BCUT2D eigenvalue weighted by Crippen LogP contribution is 2.26. The molecule has 9 nitrogen and oxygen atoms in total. The highest BCUT2D eigenvalue weighted by Gasteiger charge is 2.27. The zero-order chi connectivity index (χ0) is 25.3. The van der Waals surface area contributed by atoms with Gasteiger partial charge in [-0.2, -0.15) is 0 Å². The second kappa shape index (κ2) is 9.79. The highest BCUT2D eigenvalue weighted by molar-refractivity contribution is 7.92. The Labute approximate surface area is 217 Å². The van der Waals surface area contributed by atoms with Gasteiger partial charge in [0, 0.05) is 58.3 Å². The number of anilines is 2. The second-order valence-corrected chi connectivity index (χ2v) is 10.7. The summed E-state index contributed by atoms with van der Waals surface area (Å²) < 4.78 is 29.6. The molecule has 1 saturated heterocycles. The van der Waals surface area contributed by atoms with Crippen LogP contribution in [0.5, 0.6) is 0 Å². The molecule has 190 valence electrons. The lowest BCUT2D eigenvalue weighted by Crippen LogP contribution is -2.50. The topological polar surface area (TPSA) is 100 Å². The average molecular weight is 529 g/mol. The molecule has 1 aliphatic heterocycles. The van der Waals surface area contributed by atoms with Crippen molar-refractivity contribution < 1.29 is 16.1 Å². The van der Waals surface area contributed by atoms with Gasteiger partial charge in [-0.05, 0) is 60.8 Å². The summed E-state index contributed by atoms with van der Waals surface area (Å²) in [4.78, 5) is 25.2. The van der Waals surface area contributed by atoms with Crippen LogP contribution in [0, 0.1) is 0 Å². The quantitative estimate of drug-likeness (QED) is 0.401. The van der Waals surface area contributed by atoms with E-state index in [0.717, 1.165) is 16.6 Å². The molecular formula is C25H29ClN6O3S. The van der Waals surface area contributed by atoms with Crippen LogP contribution < -0.4 is 9.62 Å². The van der Waals surface area contributed by atoms with E-state index in [-0.39, 0.29) is 25.6 Å². The summed E-state index contributed by atoms with van der Waals surface area (Å²) in [6, 6.07) is 15.6. The predicted molar refractivity (Wildman–Crippen MR) is 144 cm³/mol. The molecule has 1 fully saturated rings. The van der Waals surface area contributed by atoms with E-state index in [9.17, 15) is 13.2 Å².